The fourth-order valence-electron chi connectivity index (χ4n) is 1.09. The number of nitrogens with zero attached hydrogens (tertiary/aromatic N) is 4. The van der Waals surface area contributed by atoms with E-state index in [2.05, 4.69) is 9.97 Å². The van der Waals surface area contributed by atoms with Gasteiger partial charge in [0.15, 0.2) is 0 Å². The van der Waals surface area contributed by atoms with E-state index in [-0.39, 0.29) is 5.91 Å². The summed E-state index contributed by atoms with van der Waals surface area (Å²) in [5.74, 6) is 0.448. The molecule has 0 aromatic carbocycles. The highest BCUT2D eigenvalue weighted by Gasteiger charge is 2.12. The molecule has 0 aliphatic carbocycles. The summed E-state index contributed by atoms with van der Waals surface area (Å²) in [6, 6.07) is 1.69. The quantitative estimate of drug-likeness (QED) is 0.712. The van der Waals surface area contributed by atoms with Gasteiger partial charge in [0.25, 0.3) is 5.91 Å². The maximum absolute atomic E-state index is 11.7. The van der Waals surface area contributed by atoms with E-state index in [4.69, 9.17) is 0 Å². The average molecular weight is 208 g/mol. The first-order valence-electron chi connectivity index (χ1n) is 4.66. The second-order valence-electron chi connectivity index (χ2n) is 3.79. The molecule has 15 heavy (non-hydrogen) atoms. The van der Waals surface area contributed by atoms with Gasteiger partial charge in [0, 0.05) is 33.9 Å². The fraction of sp³-hybridized carbons (Fsp3) is 0.500. The Morgan fingerprint density at radius 1 is 1.20 bits per heavy atom. The van der Waals surface area contributed by atoms with Gasteiger partial charge < -0.3 is 9.80 Å². The lowest BCUT2D eigenvalue weighted by Gasteiger charge is -2.14. The molecular weight excluding hydrogens is 192 g/mol. The molecule has 0 spiro atoms. The van der Waals surface area contributed by atoms with Crippen molar-refractivity contribution in [3.05, 3.63) is 17.5 Å². The SMILES string of the molecule is Cc1cc(C(=O)N(C)C)nc(N(C)C)n1. The van der Waals surface area contributed by atoms with Gasteiger partial charge in [-0.2, -0.15) is 0 Å². The maximum atomic E-state index is 11.7. The van der Waals surface area contributed by atoms with Crippen LogP contribution < -0.4 is 4.90 Å². The molecule has 0 saturated heterocycles. The number of hydrogen-bond donors (Lipinski definition) is 0. The van der Waals surface area contributed by atoms with E-state index >= 15 is 0 Å². The predicted octanol–water partition coefficient (Wildman–Crippen LogP) is 0.553. The molecule has 0 unspecified atom stereocenters. The Morgan fingerprint density at radius 3 is 2.27 bits per heavy atom. The third kappa shape index (κ3) is 2.65. The highest BCUT2D eigenvalue weighted by Crippen LogP contribution is 2.08. The standard InChI is InChI=1S/C10H16N4O/c1-7-6-8(9(15)13(2)3)12-10(11-7)14(4)5/h6H,1-5H3. The molecule has 1 heterocycles. The highest BCUT2D eigenvalue weighted by atomic mass is 16.2. The second-order valence-corrected chi connectivity index (χ2v) is 3.79. The molecule has 0 atom stereocenters. The van der Waals surface area contributed by atoms with Crippen molar-refractivity contribution < 1.29 is 4.79 Å². The zero-order valence-corrected chi connectivity index (χ0v) is 9.77. The lowest BCUT2D eigenvalue weighted by atomic mass is 10.3. The number of carbonyl (C=O) groups excluding carboxylic acids is 1. The highest BCUT2D eigenvalue weighted by molar-refractivity contribution is 5.92. The van der Waals surface area contributed by atoms with Crippen molar-refractivity contribution in [3.63, 3.8) is 0 Å². The first kappa shape index (κ1) is 11.4. The van der Waals surface area contributed by atoms with Gasteiger partial charge in [-0.05, 0) is 13.0 Å². The van der Waals surface area contributed by atoms with E-state index in [9.17, 15) is 4.79 Å². The van der Waals surface area contributed by atoms with E-state index in [0.717, 1.165) is 5.69 Å². The van der Waals surface area contributed by atoms with Crippen LogP contribution in [0.25, 0.3) is 0 Å². The minimum atomic E-state index is -0.108. The van der Waals surface area contributed by atoms with Crippen molar-refractivity contribution in [2.24, 2.45) is 0 Å². The van der Waals surface area contributed by atoms with E-state index in [0.29, 0.717) is 11.6 Å². The zero-order chi connectivity index (χ0) is 11.6. The molecule has 5 nitrogen and oxygen atoms in total. The molecule has 1 aromatic heterocycles. The number of hydrogen-bond acceptors (Lipinski definition) is 4. The van der Waals surface area contributed by atoms with Gasteiger partial charge in [0.2, 0.25) is 5.95 Å². The smallest absolute Gasteiger partial charge is 0.272 e. The van der Waals surface area contributed by atoms with Gasteiger partial charge in [-0.25, -0.2) is 9.97 Å². The van der Waals surface area contributed by atoms with Crippen LogP contribution in [0.5, 0.6) is 0 Å². The molecule has 82 valence electrons. The van der Waals surface area contributed by atoms with E-state index in [1.54, 1.807) is 25.1 Å². The number of anilines is 1. The van der Waals surface area contributed by atoms with Crippen LogP contribution in [0.15, 0.2) is 6.07 Å². The van der Waals surface area contributed by atoms with Crippen molar-refractivity contribution in [1.82, 2.24) is 14.9 Å². The minimum absolute atomic E-state index is 0.108. The Bertz CT molecular complexity index is 374. The van der Waals surface area contributed by atoms with Gasteiger partial charge in [-0.1, -0.05) is 0 Å². The molecule has 1 rings (SSSR count). The average Bonchev–Trinajstić information content (AvgIpc) is 2.15. The van der Waals surface area contributed by atoms with Gasteiger partial charge in [-0.3, -0.25) is 4.79 Å². The first-order chi connectivity index (χ1) is 6.91. The van der Waals surface area contributed by atoms with E-state index < -0.39 is 0 Å². The van der Waals surface area contributed by atoms with E-state index in [1.807, 2.05) is 21.0 Å². The third-order valence-corrected chi connectivity index (χ3v) is 1.87. The zero-order valence-electron chi connectivity index (χ0n) is 9.77. The van der Waals surface area contributed by atoms with Gasteiger partial charge in [0.05, 0.1) is 0 Å². The van der Waals surface area contributed by atoms with Gasteiger partial charge in [-0.15, -0.1) is 0 Å². The summed E-state index contributed by atoms with van der Waals surface area (Å²) < 4.78 is 0. The molecule has 0 bridgehead atoms. The summed E-state index contributed by atoms with van der Waals surface area (Å²) in [4.78, 5) is 23.4. The monoisotopic (exact) mass is 208 g/mol. The Kier molecular flexibility index (Phi) is 3.24. The van der Waals surface area contributed by atoms with Crippen molar-refractivity contribution in [2.75, 3.05) is 33.1 Å². The molecule has 0 fully saturated rings. The molecular formula is C10H16N4O. The fourth-order valence-corrected chi connectivity index (χ4v) is 1.09. The molecule has 0 radical (unpaired) electrons. The molecule has 1 aromatic rings. The van der Waals surface area contributed by atoms with Crippen LogP contribution in [0.4, 0.5) is 5.95 Å². The number of aromatic nitrogens is 2. The Labute approximate surface area is 89.7 Å². The van der Waals surface area contributed by atoms with Crippen molar-refractivity contribution in [2.45, 2.75) is 6.92 Å². The molecule has 5 heteroatoms. The van der Waals surface area contributed by atoms with Crippen molar-refractivity contribution >= 4 is 11.9 Å². The molecule has 0 aliphatic rings. The van der Waals surface area contributed by atoms with Crippen LogP contribution in [-0.4, -0.2) is 49.0 Å². The number of carbonyl (C=O) groups is 1. The largest absolute Gasteiger partial charge is 0.347 e. The van der Waals surface area contributed by atoms with Crippen LogP contribution in [-0.2, 0) is 0 Å². The third-order valence-electron chi connectivity index (χ3n) is 1.87. The van der Waals surface area contributed by atoms with Crippen molar-refractivity contribution in [1.29, 1.82) is 0 Å². The molecule has 0 N–H and O–H groups in total. The molecule has 0 aliphatic heterocycles. The van der Waals surface area contributed by atoms with Gasteiger partial charge >= 0.3 is 0 Å². The Balaban J connectivity index is 3.14. The molecule has 1 amide bonds. The first-order valence-corrected chi connectivity index (χ1v) is 4.66. The lowest BCUT2D eigenvalue weighted by molar-refractivity contribution is 0.0822. The summed E-state index contributed by atoms with van der Waals surface area (Å²) in [6.45, 7) is 1.85. The molecule has 0 saturated carbocycles. The normalized spacial score (nSPS) is 9.93. The maximum Gasteiger partial charge on any atom is 0.272 e. The topological polar surface area (TPSA) is 49.3 Å². The van der Waals surface area contributed by atoms with Crippen molar-refractivity contribution in [3.8, 4) is 0 Å². The summed E-state index contributed by atoms with van der Waals surface area (Å²) in [5.41, 5.74) is 1.22. The van der Waals surface area contributed by atoms with E-state index in [1.165, 1.54) is 4.90 Å². The number of amides is 1. The summed E-state index contributed by atoms with van der Waals surface area (Å²) in [5, 5.41) is 0. The van der Waals surface area contributed by atoms with Crippen LogP contribution in [0.1, 0.15) is 16.2 Å². The number of rotatable bonds is 2. The Hall–Kier alpha value is -1.65. The number of aryl methyl sites for hydroxylation is 1. The van der Waals surface area contributed by atoms with Crippen LogP contribution in [0.2, 0.25) is 0 Å². The lowest BCUT2D eigenvalue weighted by Crippen LogP contribution is -2.24. The van der Waals surface area contributed by atoms with Crippen LogP contribution in [0, 0.1) is 6.92 Å². The summed E-state index contributed by atoms with van der Waals surface area (Å²) >= 11 is 0. The van der Waals surface area contributed by atoms with Crippen LogP contribution >= 0.6 is 0 Å². The predicted molar refractivity (Wildman–Crippen MR) is 59.1 cm³/mol. The van der Waals surface area contributed by atoms with Crippen LogP contribution in [0.3, 0.4) is 0 Å². The minimum Gasteiger partial charge on any atom is -0.347 e. The Morgan fingerprint density at radius 2 is 1.80 bits per heavy atom. The summed E-state index contributed by atoms with van der Waals surface area (Å²) in [6.07, 6.45) is 0. The van der Waals surface area contributed by atoms with Gasteiger partial charge in [0.1, 0.15) is 5.69 Å². The second kappa shape index (κ2) is 4.25. The summed E-state index contributed by atoms with van der Waals surface area (Å²) in [7, 11) is 7.10.